The van der Waals surface area contributed by atoms with E-state index >= 15 is 0 Å². The molecule has 0 unspecified atom stereocenters. The number of unbranched alkanes of at least 4 members (excludes halogenated alkanes) is 1. The largest absolute Gasteiger partial charge is 0.481 e. The molecule has 0 aromatic heterocycles. The van der Waals surface area contributed by atoms with Crippen molar-refractivity contribution in [2.24, 2.45) is 0 Å². The van der Waals surface area contributed by atoms with E-state index in [1.807, 2.05) is 0 Å². The number of rotatable bonds is 42. The highest BCUT2D eigenvalue weighted by atomic mass is 16.6. The highest BCUT2D eigenvalue weighted by molar-refractivity contribution is 5.70. The summed E-state index contributed by atoms with van der Waals surface area (Å²) in [5.41, 5.74) is 0. The molecule has 17 nitrogen and oxygen atoms in total. The molecule has 0 aliphatic rings. The minimum Gasteiger partial charge on any atom is -0.481 e. The van der Waals surface area contributed by atoms with Gasteiger partial charge in [-0.15, -0.1) is 0 Å². The number of hydrogen-bond donors (Lipinski definition) is 1. The van der Waals surface area contributed by atoms with Crippen LogP contribution in [0.5, 0.6) is 0 Å². The topological polar surface area (TPSA) is 191 Å². The second-order valence-corrected chi connectivity index (χ2v) is 10.1. The molecule has 0 atom stereocenters. The molecule has 0 radical (unpaired) electrons. The zero-order valence-electron chi connectivity index (χ0n) is 30.0. The summed E-state index contributed by atoms with van der Waals surface area (Å²) in [5.74, 6) is -1.48. The molecule has 0 saturated heterocycles. The Balaban J connectivity index is 3.11. The third kappa shape index (κ3) is 42.1. The van der Waals surface area contributed by atoms with E-state index < -0.39 is 5.97 Å². The molecule has 0 fully saturated rings. The third-order valence-electron chi connectivity index (χ3n) is 5.99. The van der Waals surface area contributed by atoms with E-state index in [1.165, 1.54) is 0 Å². The molecular weight excluding hydrogens is 668 g/mol. The highest BCUT2D eigenvalue weighted by Crippen LogP contribution is 2.01. The Labute approximate surface area is 296 Å². The van der Waals surface area contributed by atoms with Crippen LogP contribution in [-0.4, -0.2) is 182 Å². The molecule has 0 amide bonds. The smallest absolute Gasteiger partial charge is 0.308 e. The van der Waals surface area contributed by atoms with Gasteiger partial charge >= 0.3 is 17.9 Å². The molecular formula is C33H62O17. The van der Waals surface area contributed by atoms with Crippen LogP contribution in [0.4, 0.5) is 0 Å². The molecule has 50 heavy (non-hydrogen) atoms. The van der Waals surface area contributed by atoms with Crippen molar-refractivity contribution in [3.8, 4) is 0 Å². The van der Waals surface area contributed by atoms with E-state index in [2.05, 4.69) is 0 Å². The fraction of sp³-hybridized carbons (Fsp3) is 0.909. The zero-order valence-corrected chi connectivity index (χ0v) is 30.0. The van der Waals surface area contributed by atoms with Gasteiger partial charge in [-0.1, -0.05) is 0 Å². The summed E-state index contributed by atoms with van der Waals surface area (Å²) >= 11 is 0. The van der Waals surface area contributed by atoms with Crippen molar-refractivity contribution < 1.29 is 81.1 Å². The van der Waals surface area contributed by atoms with Crippen LogP contribution in [-0.2, 0) is 76.0 Å². The molecule has 0 aliphatic heterocycles. The first-order valence-electron chi connectivity index (χ1n) is 17.4. The molecule has 0 rings (SSSR count). The lowest BCUT2D eigenvalue weighted by molar-refractivity contribution is -0.146. The van der Waals surface area contributed by atoms with Crippen LogP contribution in [0.2, 0.25) is 0 Å². The van der Waals surface area contributed by atoms with Gasteiger partial charge < -0.3 is 66.7 Å². The van der Waals surface area contributed by atoms with Crippen molar-refractivity contribution in [3.63, 3.8) is 0 Å². The number of carboxylic acids is 1. The first-order valence-corrected chi connectivity index (χ1v) is 17.4. The van der Waals surface area contributed by atoms with Gasteiger partial charge in [0, 0.05) is 12.8 Å². The Hall–Kier alpha value is -2.03. The van der Waals surface area contributed by atoms with Gasteiger partial charge in [0.05, 0.1) is 158 Å². The lowest BCUT2D eigenvalue weighted by Gasteiger charge is -2.09. The maximum Gasteiger partial charge on any atom is 0.308 e. The van der Waals surface area contributed by atoms with Crippen LogP contribution < -0.4 is 0 Å². The summed E-state index contributed by atoms with van der Waals surface area (Å²) in [6, 6.07) is 0. The highest BCUT2D eigenvalue weighted by Gasteiger charge is 2.04. The average Bonchev–Trinajstić information content (AvgIpc) is 3.10. The van der Waals surface area contributed by atoms with Gasteiger partial charge in [0.25, 0.3) is 0 Å². The molecule has 0 aromatic carbocycles. The van der Waals surface area contributed by atoms with Crippen LogP contribution in [0, 0.1) is 0 Å². The van der Waals surface area contributed by atoms with Crippen LogP contribution in [0.1, 0.15) is 39.0 Å². The maximum atomic E-state index is 11.5. The number of carboxylic acid groups (broad SMARTS) is 1. The lowest BCUT2D eigenvalue weighted by atomic mass is 10.2. The van der Waals surface area contributed by atoms with Crippen LogP contribution >= 0.6 is 0 Å². The summed E-state index contributed by atoms with van der Waals surface area (Å²) < 4.78 is 69.4. The van der Waals surface area contributed by atoms with Crippen LogP contribution in [0.25, 0.3) is 0 Å². The Kier molecular flexibility index (Phi) is 39.7. The second-order valence-electron chi connectivity index (χ2n) is 10.1. The molecule has 0 spiro atoms. The zero-order chi connectivity index (χ0) is 36.4. The minimum atomic E-state index is -0.866. The summed E-state index contributed by atoms with van der Waals surface area (Å²) in [5, 5.41) is 8.55. The summed E-state index contributed by atoms with van der Waals surface area (Å²) in [6.45, 7) is 12.0. The molecule has 0 aromatic rings. The minimum absolute atomic E-state index is 0.0565. The van der Waals surface area contributed by atoms with E-state index in [0.29, 0.717) is 158 Å². The van der Waals surface area contributed by atoms with Crippen molar-refractivity contribution in [2.75, 3.05) is 159 Å². The Morgan fingerprint density at radius 2 is 0.600 bits per heavy atom. The van der Waals surface area contributed by atoms with Crippen molar-refractivity contribution in [1.29, 1.82) is 0 Å². The normalized spacial score (nSPS) is 11.2. The predicted molar refractivity (Wildman–Crippen MR) is 177 cm³/mol. The van der Waals surface area contributed by atoms with Gasteiger partial charge in [0.1, 0.15) is 6.61 Å². The van der Waals surface area contributed by atoms with Gasteiger partial charge in [0.2, 0.25) is 0 Å². The Morgan fingerprint density at radius 1 is 0.340 bits per heavy atom. The molecule has 0 saturated carbocycles. The fourth-order valence-corrected chi connectivity index (χ4v) is 3.52. The van der Waals surface area contributed by atoms with Gasteiger partial charge in [-0.3, -0.25) is 14.4 Å². The number of esters is 2. The van der Waals surface area contributed by atoms with Crippen LogP contribution in [0.15, 0.2) is 0 Å². The number of ether oxygens (including phenoxy) is 13. The summed E-state index contributed by atoms with van der Waals surface area (Å²) in [7, 11) is 0. The standard InChI is InChI=1S/C33H62O17/c1-2-49-33(37)7-8-38-9-10-39-11-12-40-13-14-41-15-16-42-17-18-43-19-20-44-21-22-45-23-24-46-25-26-47-27-28-48-29-30-50-32(36)6-4-3-5-31(34)35/h2-30H2,1H3,(H,34,35). The molecule has 1 N–H and O–H groups in total. The molecule has 296 valence electrons. The monoisotopic (exact) mass is 730 g/mol. The molecule has 17 heteroatoms. The van der Waals surface area contributed by atoms with Crippen molar-refractivity contribution >= 4 is 17.9 Å². The van der Waals surface area contributed by atoms with E-state index in [0.717, 1.165) is 0 Å². The molecule has 0 heterocycles. The van der Waals surface area contributed by atoms with Crippen molar-refractivity contribution in [2.45, 2.75) is 39.0 Å². The van der Waals surface area contributed by atoms with Gasteiger partial charge in [-0.2, -0.15) is 0 Å². The van der Waals surface area contributed by atoms with Crippen molar-refractivity contribution in [3.05, 3.63) is 0 Å². The van der Waals surface area contributed by atoms with Gasteiger partial charge in [0.15, 0.2) is 0 Å². The van der Waals surface area contributed by atoms with Gasteiger partial charge in [-0.25, -0.2) is 0 Å². The third-order valence-corrected chi connectivity index (χ3v) is 5.99. The summed E-state index contributed by atoms with van der Waals surface area (Å²) in [4.78, 5) is 33.0. The van der Waals surface area contributed by atoms with E-state index in [9.17, 15) is 14.4 Å². The quantitative estimate of drug-likeness (QED) is 0.0698. The average molecular weight is 731 g/mol. The van der Waals surface area contributed by atoms with Crippen molar-refractivity contribution in [1.82, 2.24) is 0 Å². The first kappa shape index (κ1) is 48.0. The number of carbonyl (C=O) groups excluding carboxylic acids is 2. The second kappa shape index (κ2) is 41.4. The number of hydrogen-bond acceptors (Lipinski definition) is 16. The SMILES string of the molecule is CCOC(=O)CCOCCOCCOCCOCCOCCOCCOCCOCCOCCOCCOCCOC(=O)CCCCC(=O)O. The molecule has 0 aliphatic carbocycles. The Bertz CT molecular complexity index is 743. The van der Waals surface area contributed by atoms with E-state index in [4.69, 9.17) is 66.7 Å². The number of aliphatic carboxylic acids is 1. The fourth-order valence-electron chi connectivity index (χ4n) is 3.52. The predicted octanol–water partition coefficient (Wildman–Crippen LogP) is 1.31. The lowest BCUT2D eigenvalue weighted by Crippen LogP contribution is -2.15. The van der Waals surface area contributed by atoms with E-state index in [-0.39, 0.29) is 44.4 Å². The summed E-state index contributed by atoms with van der Waals surface area (Å²) in [6.07, 6.45) is 1.47. The van der Waals surface area contributed by atoms with E-state index in [1.54, 1.807) is 6.92 Å². The Morgan fingerprint density at radius 3 is 0.900 bits per heavy atom. The maximum absolute atomic E-state index is 11.5. The van der Waals surface area contributed by atoms with Crippen LogP contribution in [0.3, 0.4) is 0 Å². The molecule has 0 bridgehead atoms. The number of carbonyl (C=O) groups is 3. The van der Waals surface area contributed by atoms with Gasteiger partial charge in [-0.05, 0) is 19.8 Å². The first-order chi connectivity index (χ1) is 24.6.